The van der Waals surface area contributed by atoms with Crippen LogP contribution in [0.2, 0.25) is 0 Å². The van der Waals surface area contributed by atoms with Crippen LogP contribution in [0.5, 0.6) is 0 Å². The number of carbonyl (C=O) groups excluding carboxylic acids is 1. The predicted octanol–water partition coefficient (Wildman–Crippen LogP) is 1.45. The highest BCUT2D eigenvalue weighted by atomic mass is 32.2. The standard InChI is InChI=1S/C15H24N2O4S/c1-10(2)16-15(18)14-8-13(7-6-11(14)3)22(19,20)17-12(4)9-21-5/h6-8,10,12,17H,9H2,1-5H3,(H,16,18)/t12-/m0/s1. The first-order valence-electron chi connectivity index (χ1n) is 7.10. The molecule has 0 saturated carbocycles. The minimum Gasteiger partial charge on any atom is -0.383 e. The van der Waals surface area contributed by atoms with Crippen molar-refractivity contribution in [2.45, 2.75) is 44.7 Å². The minimum atomic E-state index is -3.69. The smallest absolute Gasteiger partial charge is 0.251 e. The van der Waals surface area contributed by atoms with Crippen molar-refractivity contribution >= 4 is 15.9 Å². The van der Waals surface area contributed by atoms with Crippen LogP contribution >= 0.6 is 0 Å². The van der Waals surface area contributed by atoms with E-state index < -0.39 is 10.0 Å². The highest BCUT2D eigenvalue weighted by molar-refractivity contribution is 7.89. The average molecular weight is 328 g/mol. The fraction of sp³-hybridized carbons (Fsp3) is 0.533. The molecule has 0 radical (unpaired) electrons. The van der Waals surface area contributed by atoms with Gasteiger partial charge in [-0.1, -0.05) is 6.07 Å². The lowest BCUT2D eigenvalue weighted by Crippen LogP contribution is -2.36. The first-order chi connectivity index (χ1) is 10.2. The van der Waals surface area contributed by atoms with Gasteiger partial charge in [-0.3, -0.25) is 4.79 Å². The second-order valence-electron chi connectivity index (χ2n) is 5.58. The molecule has 22 heavy (non-hydrogen) atoms. The molecule has 6 nitrogen and oxygen atoms in total. The largest absolute Gasteiger partial charge is 0.383 e. The van der Waals surface area contributed by atoms with Gasteiger partial charge in [0.25, 0.3) is 5.91 Å². The summed E-state index contributed by atoms with van der Waals surface area (Å²) in [5.74, 6) is -0.283. The number of sulfonamides is 1. The van der Waals surface area contributed by atoms with E-state index in [1.807, 2.05) is 13.8 Å². The monoisotopic (exact) mass is 328 g/mol. The molecule has 7 heteroatoms. The number of aryl methyl sites for hydroxylation is 1. The van der Waals surface area contributed by atoms with Gasteiger partial charge < -0.3 is 10.1 Å². The molecule has 1 atom stereocenters. The molecule has 0 fully saturated rings. The molecule has 1 aromatic carbocycles. The molecule has 0 heterocycles. The van der Waals surface area contributed by atoms with Gasteiger partial charge in [-0.2, -0.15) is 0 Å². The molecular formula is C15H24N2O4S. The molecule has 0 aliphatic rings. The number of benzene rings is 1. The molecule has 1 rings (SSSR count). The van der Waals surface area contributed by atoms with E-state index in [1.54, 1.807) is 19.9 Å². The van der Waals surface area contributed by atoms with Crippen molar-refractivity contribution < 1.29 is 17.9 Å². The van der Waals surface area contributed by atoms with Crippen LogP contribution in [0.25, 0.3) is 0 Å². The van der Waals surface area contributed by atoms with Crippen molar-refractivity contribution in [3.8, 4) is 0 Å². The molecule has 0 aromatic heterocycles. The second kappa shape index (κ2) is 7.71. The summed E-state index contributed by atoms with van der Waals surface area (Å²) in [6, 6.07) is 4.14. The first-order valence-corrected chi connectivity index (χ1v) is 8.58. The van der Waals surface area contributed by atoms with Gasteiger partial charge in [0.15, 0.2) is 0 Å². The molecule has 0 aliphatic heterocycles. The van der Waals surface area contributed by atoms with E-state index in [0.717, 1.165) is 5.56 Å². The fourth-order valence-electron chi connectivity index (χ4n) is 1.97. The molecule has 124 valence electrons. The quantitative estimate of drug-likeness (QED) is 0.793. The number of rotatable bonds is 7. The van der Waals surface area contributed by atoms with E-state index in [0.29, 0.717) is 5.56 Å². The number of hydrogen-bond acceptors (Lipinski definition) is 4. The van der Waals surface area contributed by atoms with E-state index in [-0.39, 0.29) is 29.5 Å². The zero-order chi connectivity index (χ0) is 16.9. The number of ether oxygens (including phenoxy) is 1. The minimum absolute atomic E-state index is 0.0213. The molecule has 1 aromatic rings. The van der Waals surface area contributed by atoms with Crippen molar-refractivity contribution in [2.75, 3.05) is 13.7 Å². The highest BCUT2D eigenvalue weighted by Crippen LogP contribution is 2.16. The molecule has 0 unspecified atom stereocenters. The fourth-order valence-corrected chi connectivity index (χ4v) is 3.22. The molecule has 1 amide bonds. The summed E-state index contributed by atoms with van der Waals surface area (Å²) in [7, 11) is -2.19. The highest BCUT2D eigenvalue weighted by Gasteiger charge is 2.20. The first kappa shape index (κ1) is 18.6. The Bertz CT molecular complexity index is 626. The van der Waals surface area contributed by atoms with Gasteiger partial charge in [0.1, 0.15) is 0 Å². The van der Waals surface area contributed by atoms with Crippen LogP contribution in [0.15, 0.2) is 23.1 Å². The number of hydrogen-bond donors (Lipinski definition) is 2. The Hall–Kier alpha value is -1.44. The summed E-state index contributed by atoms with van der Waals surface area (Å²) in [5, 5.41) is 2.77. The number of carbonyl (C=O) groups is 1. The van der Waals surface area contributed by atoms with Crippen LogP contribution in [0.3, 0.4) is 0 Å². The average Bonchev–Trinajstić information content (AvgIpc) is 2.37. The van der Waals surface area contributed by atoms with Crippen LogP contribution in [-0.2, 0) is 14.8 Å². The Kier molecular flexibility index (Phi) is 6.52. The van der Waals surface area contributed by atoms with Crippen LogP contribution in [0.4, 0.5) is 0 Å². The van der Waals surface area contributed by atoms with E-state index in [9.17, 15) is 13.2 Å². The number of methoxy groups -OCH3 is 1. The van der Waals surface area contributed by atoms with E-state index in [1.165, 1.54) is 19.2 Å². The van der Waals surface area contributed by atoms with Gasteiger partial charge in [-0.15, -0.1) is 0 Å². The van der Waals surface area contributed by atoms with Crippen molar-refractivity contribution in [2.24, 2.45) is 0 Å². The maximum Gasteiger partial charge on any atom is 0.251 e. The van der Waals surface area contributed by atoms with Gasteiger partial charge >= 0.3 is 0 Å². The molecular weight excluding hydrogens is 304 g/mol. The molecule has 2 N–H and O–H groups in total. The van der Waals surface area contributed by atoms with Gasteiger partial charge in [0, 0.05) is 24.8 Å². The lowest BCUT2D eigenvalue weighted by Gasteiger charge is -2.15. The third kappa shape index (κ3) is 5.08. The van der Waals surface area contributed by atoms with Crippen LogP contribution < -0.4 is 10.0 Å². The van der Waals surface area contributed by atoms with Crippen LogP contribution in [0, 0.1) is 6.92 Å². The van der Waals surface area contributed by atoms with Gasteiger partial charge in [-0.05, 0) is 45.4 Å². The predicted molar refractivity (Wildman–Crippen MR) is 85.4 cm³/mol. The zero-order valence-electron chi connectivity index (χ0n) is 13.6. The maximum atomic E-state index is 12.3. The summed E-state index contributed by atoms with van der Waals surface area (Å²) < 4.78 is 32.1. The molecule has 0 spiro atoms. The maximum absolute atomic E-state index is 12.3. The van der Waals surface area contributed by atoms with Crippen molar-refractivity contribution in [3.05, 3.63) is 29.3 Å². The Morgan fingerprint density at radius 2 is 1.91 bits per heavy atom. The summed E-state index contributed by atoms with van der Waals surface area (Å²) in [5.41, 5.74) is 1.08. The Balaban J connectivity index is 3.09. The van der Waals surface area contributed by atoms with Crippen molar-refractivity contribution in [1.29, 1.82) is 0 Å². The Morgan fingerprint density at radius 1 is 1.27 bits per heavy atom. The van der Waals surface area contributed by atoms with Crippen molar-refractivity contribution in [1.82, 2.24) is 10.0 Å². The SMILES string of the molecule is COC[C@H](C)NS(=O)(=O)c1ccc(C)c(C(=O)NC(C)C)c1. The van der Waals surface area contributed by atoms with Gasteiger partial charge in [0.2, 0.25) is 10.0 Å². The third-order valence-electron chi connectivity index (χ3n) is 2.96. The van der Waals surface area contributed by atoms with Gasteiger partial charge in [0.05, 0.1) is 11.5 Å². The molecule has 0 aliphatic carbocycles. The van der Waals surface area contributed by atoms with Crippen molar-refractivity contribution in [3.63, 3.8) is 0 Å². The number of amides is 1. The zero-order valence-corrected chi connectivity index (χ0v) is 14.5. The summed E-state index contributed by atoms with van der Waals surface area (Å²) in [6.45, 7) is 7.45. The van der Waals surface area contributed by atoms with Crippen LogP contribution in [0.1, 0.15) is 36.7 Å². The third-order valence-corrected chi connectivity index (χ3v) is 4.54. The second-order valence-corrected chi connectivity index (χ2v) is 7.30. The Morgan fingerprint density at radius 3 is 2.45 bits per heavy atom. The number of nitrogens with one attached hydrogen (secondary N) is 2. The summed E-state index contributed by atoms with van der Waals surface area (Å²) in [4.78, 5) is 12.2. The summed E-state index contributed by atoms with van der Waals surface area (Å²) in [6.07, 6.45) is 0. The van der Waals surface area contributed by atoms with E-state index in [4.69, 9.17) is 4.74 Å². The topological polar surface area (TPSA) is 84.5 Å². The molecule has 0 bridgehead atoms. The summed E-state index contributed by atoms with van der Waals surface area (Å²) >= 11 is 0. The van der Waals surface area contributed by atoms with E-state index >= 15 is 0 Å². The lowest BCUT2D eigenvalue weighted by molar-refractivity contribution is 0.0942. The lowest BCUT2D eigenvalue weighted by atomic mass is 10.1. The van der Waals surface area contributed by atoms with Crippen LogP contribution in [-0.4, -0.2) is 40.1 Å². The Labute approximate surface area is 132 Å². The van der Waals surface area contributed by atoms with E-state index in [2.05, 4.69) is 10.0 Å². The van der Waals surface area contributed by atoms with Gasteiger partial charge in [-0.25, -0.2) is 13.1 Å². The molecule has 0 saturated heterocycles. The normalized spacial score (nSPS) is 13.2.